The third-order valence-electron chi connectivity index (χ3n) is 9.19. The Morgan fingerprint density at radius 2 is 1.81 bits per heavy atom. The van der Waals surface area contributed by atoms with Crippen molar-refractivity contribution in [3.8, 4) is 0 Å². The lowest BCUT2D eigenvalue weighted by molar-refractivity contribution is -0.242. The first-order valence-electron chi connectivity index (χ1n) is 11.0. The highest BCUT2D eigenvalue weighted by molar-refractivity contribution is 5.66. The molecular weight excluding hydrogens is 340 g/mol. The van der Waals surface area contributed by atoms with Crippen molar-refractivity contribution < 1.29 is 19.0 Å². The van der Waals surface area contributed by atoms with Gasteiger partial charge in [-0.05, 0) is 61.7 Å². The van der Waals surface area contributed by atoms with Crippen LogP contribution in [0.5, 0.6) is 0 Å². The van der Waals surface area contributed by atoms with Gasteiger partial charge in [0.25, 0.3) is 0 Å². The molecule has 1 heterocycles. The average molecular weight is 375 g/mol. The summed E-state index contributed by atoms with van der Waals surface area (Å²) in [7, 11) is 0. The third-order valence-corrected chi connectivity index (χ3v) is 9.19. The molecule has 1 saturated heterocycles. The maximum atomic E-state index is 11.4. The number of carbonyl (C=O) groups excluding carboxylic acids is 1. The van der Waals surface area contributed by atoms with E-state index in [1.165, 1.54) is 32.6 Å². The molecule has 1 spiro atoms. The highest BCUT2D eigenvalue weighted by Gasteiger charge is 2.66. The van der Waals surface area contributed by atoms with Gasteiger partial charge in [0.2, 0.25) is 0 Å². The van der Waals surface area contributed by atoms with Gasteiger partial charge in [-0.15, -0.1) is 0 Å². The first kappa shape index (κ1) is 18.2. The van der Waals surface area contributed by atoms with Crippen LogP contribution in [0.1, 0.15) is 72.1 Å². The van der Waals surface area contributed by atoms with E-state index in [9.17, 15) is 4.79 Å². The van der Waals surface area contributed by atoms with E-state index in [-0.39, 0.29) is 28.7 Å². The van der Waals surface area contributed by atoms with Gasteiger partial charge in [0.05, 0.1) is 13.2 Å². The van der Waals surface area contributed by atoms with Crippen LogP contribution in [0.25, 0.3) is 0 Å². The van der Waals surface area contributed by atoms with Crippen LogP contribution in [-0.4, -0.2) is 31.1 Å². The topological polar surface area (TPSA) is 44.8 Å². The molecule has 1 unspecified atom stereocenters. The van der Waals surface area contributed by atoms with E-state index >= 15 is 0 Å². The van der Waals surface area contributed by atoms with Crippen molar-refractivity contribution in [3.05, 3.63) is 11.6 Å². The summed E-state index contributed by atoms with van der Waals surface area (Å²) < 4.78 is 18.1. The third kappa shape index (κ3) is 2.45. The molecule has 0 aromatic rings. The fourth-order valence-corrected chi connectivity index (χ4v) is 7.85. The minimum absolute atomic E-state index is 0.0854. The zero-order valence-electron chi connectivity index (χ0n) is 17.1. The van der Waals surface area contributed by atoms with Crippen molar-refractivity contribution in [2.24, 2.45) is 28.6 Å². The van der Waals surface area contributed by atoms with Gasteiger partial charge in [-0.1, -0.05) is 25.5 Å². The van der Waals surface area contributed by atoms with Crippen molar-refractivity contribution in [1.82, 2.24) is 0 Å². The number of carbonyl (C=O) groups is 1. The molecule has 5 aliphatic rings. The summed E-state index contributed by atoms with van der Waals surface area (Å²) in [5.74, 6) is 1.76. The van der Waals surface area contributed by atoms with E-state index in [0.717, 1.165) is 50.7 Å². The summed E-state index contributed by atoms with van der Waals surface area (Å²) in [6.45, 7) is 8.00. The van der Waals surface area contributed by atoms with Gasteiger partial charge in [0.1, 0.15) is 6.10 Å². The van der Waals surface area contributed by atoms with Crippen molar-refractivity contribution in [3.63, 3.8) is 0 Å². The van der Waals surface area contributed by atoms with E-state index in [2.05, 4.69) is 19.9 Å². The predicted octanol–water partition coefficient (Wildman–Crippen LogP) is 4.62. The summed E-state index contributed by atoms with van der Waals surface area (Å²) in [5.41, 5.74) is 2.01. The van der Waals surface area contributed by atoms with Crippen molar-refractivity contribution in [2.45, 2.75) is 84.0 Å². The van der Waals surface area contributed by atoms with Gasteiger partial charge in [0.15, 0.2) is 5.79 Å². The van der Waals surface area contributed by atoms with Gasteiger partial charge in [-0.25, -0.2) is 0 Å². The SMILES string of the molecule is CC(=O)OC1CC[C@@]2(C)C(=CC[C@@H]3[C@@H]2CC[C@@]2(C)[C@H]3CCC23OCCO3)C1. The van der Waals surface area contributed by atoms with Crippen molar-refractivity contribution >= 4 is 5.97 Å². The Balaban J connectivity index is 1.41. The molecule has 6 atom stereocenters. The van der Waals surface area contributed by atoms with Crippen LogP contribution in [-0.2, 0) is 19.0 Å². The monoisotopic (exact) mass is 374 g/mol. The molecule has 0 radical (unpaired) electrons. The highest BCUT2D eigenvalue weighted by atomic mass is 16.7. The van der Waals surface area contributed by atoms with E-state index in [0.29, 0.717) is 5.92 Å². The molecule has 4 heteroatoms. The smallest absolute Gasteiger partial charge is 0.302 e. The molecule has 5 rings (SSSR count). The Labute approximate surface area is 163 Å². The Kier molecular flexibility index (Phi) is 4.08. The van der Waals surface area contributed by atoms with Crippen LogP contribution in [0.3, 0.4) is 0 Å². The summed E-state index contributed by atoms with van der Waals surface area (Å²) in [5, 5.41) is 0. The standard InChI is InChI=1S/C23H34O4/c1-15(24)27-17-6-9-21(2)16(14-17)4-5-18-19(21)7-10-22(3)20(18)8-11-23(22)25-12-13-26-23/h4,17-20H,5-14H2,1-3H3/t17?,18-,19+,20+,21+,22+/m1/s1. The first-order valence-corrected chi connectivity index (χ1v) is 11.0. The molecule has 150 valence electrons. The average Bonchev–Trinajstić information content (AvgIpc) is 3.21. The number of esters is 1. The molecule has 3 saturated carbocycles. The summed E-state index contributed by atoms with van der Waals surface area (Å²) in [6.07, 6.45) is 11.7. The number of ether oxygens (including phenoxy) is 3. The number of fused-ring (bicyclic) bond motifs is 6. The molecular formula is C23H34O4. The maximum Gasteiger partial charge on any atom is 0.302 e. The van der Waals surface area contributed by atoms with Gasteiger partial charge >= 0.3 is 5.97 Å². The maximum absolute atomic E-state index is 11.4. The normalized spacial score (nSPS) is 47.7. The molecule has 4 nitrogen and oxygen atoms in total. The number of rotatable bonds is 1. The fourth-order valence-electron chi connectivity index (χ4n) is 7.85. The molecule has 0 N–H and O–H groups in total. The van der Waals surface area contributed by atoms with E-state index in [1.807, 2.05) is 0 Å². The molecule has 1 aliphatic heterocycles. The Morgan fingerprint density at radius 3 is 2.56 bits per heavy atom. The predicted molar refractivity (Wildman–Crippen MR) is 102 cm³/mol. The molecule has 4 fully saturated rings. The largest absolute Gasteiger partial charge is 0.462 e. The Bertz CT molecular complexity index is 663. The van der Waals surface area contributed by atoms with Crippen LogP contribution >= 0.6 is 0 Å². The zero-order chi connectivity index (χ0) is 18.9. The summed E-state index contributed by atoms with van der Waals surface area (Å²) in [6, 6.07) is 0. The zero-order valence-corrected chi connectivity index (χ0v) is 17.1. The fraction of sp³-hybridized carbons (Fsp3) is 0.870. The molecule has 0 amide bonds. The van der Waals surface area contributed by atoms with E-state index in [1.54, 1.807) is 5.57 Å². The Morgan fingerprint density at radius 1 is 1.07 bits per heavy atom. The van der Waals surface area contributed by atoms with Gasteiger partial charge in [0, 0.05) is 25.2 Å². The summed E-state index contributed by atoms with van der Waals surface area (Å²) in [4.78, 5) is 11.4. The molecule has 0 bridgehead atoms. The quantitative estimate of drug-likeness (QED) is 0.496. The second-order valence-electron chi connectivity index (χ2n) is 10.2. The summed E-state index contributed by atoms with van der Waals surface area (Å²) >= 11 is 0. The molecule has 0 aromatic carbocycles. The van der Waals surface area contributed by atoms with Crippen molar-refractivity contribution in [2.75, 3.05) is 13.2 Å². The van der Waals surface area contributed by atoms with Crippen LogP contribution < -0.4 is 0 Å². The highest BCUT2D eigenvalue weighted by Crippen LogP contribution is 2.68. The van der Waals surface area contributed by atoms with Gasteiger partial charge in [-0.2, -0.15) is 0 Å². The van der Waals surface area contributed by atoms with Crippen LogP contribution in [0.4, 0.5) is 0 Å². The van der Waals surface area contributed by atoms with Crippen molar-refractivity contribution in [1.29, 1.82) is 0 Å². The molecule has 27 heavy (non-hydrogen) atoms. The second-order valence-corrected chi connectivity index (χ2v) is 10.2. The molecule has 0 aromatic heterocycles. The van der Waals surface area contributed by atoms with E-state index in [4.69, 9.17) is 14.2 Å². The van der Waals surface area contributed by atoms with Gasteiger partial charge in [-0.3, -0.25) is 4.79 Å². The lowest BCUT2D eigenvalue weighted by atomic mass is 9.47. The van der Waals surface area contributed by atoms with Crippen LogP contribution in [0.2, 0.25) is 0 Å². The van der Waals surface area contributed by atoms with Crippen LogP contribution in [0.15, 0.2) is 11.6 Å². The number of hydrogen-bond acceptors (Lipinski definition) is 4. The Hall–Kier alpha value is -0.870. The number of allylic oxidation sites excluding steroid dienone is 1. The van der Waals surface area contributed by atoms with Crippen LogP contribution in [0, 0.1) is 28.6 Å². The minimum Gasteiger partial charge on any atom is -0.462 e. The van der Waals surface area contributed by atoms with E-state index < -0.39 is 0 Å². The molecule has 4 aliphatic carbocycles. The lowest BCUT2D eigenvalue weighted by Gasteiger charge is -2.58. The first-order chi connectivity index (χ1) is 12.9. The second kappa shape index (κ2) is 6.06. The van der Waals surface area contributed by atoms with Gasteiger partial charge < -0.3 is 14.2 Å². The number of hydrogen-bond donors (Lipinski definition) is 0. The minimum atomic E-state index is -0.305. The lowest BCUT2D eigenvalue weighted by Crippen LogP contribution is -2.55.